The topological polar surface area (TPSA) is 19.0 Å². The van der Waals surface area contributed by atoms with Crippen LogP contribution in [-0.4, -0.2) is 29.5 Å². The molecule has 134 valence electrons. The Hall–Kier alpha value is -2.39. The van der Waals surface area contributed by atoms with Gasteiger partial charge in [0.2, 0.25) is 0 Å². The summed E-state index contributed by atoms with van der Waals surface area (Å²) in [5.74, 6) is 0.0712. The highest BCUT2D eigenvalue weighted by Gasteiger charge is 2.19. The third-order valence-corrected chi connectivity index (χ3v) is 5.34. The van der Waals surface area contributed by atoms with E-state index in [9.17, 15) is 4.39 Å². The lowest BCUT2D eigenvalue weighted by atomic mass is 9.95. The number of hydrogen-bond acceptors (Lipinski definition) is 1. The minimum Gasteiger partial charge on any atom is -0.361 e. The molecule has 0 saturated carbocycles. The van der Waals surface area contributed by atoms with Crippen molar-refractivity contribution in [2.45, 2.75) is 25.2 Å². The summed E-state index contributed by atoms with van der Waals surface area (Å²) < 4.78 is 14.0. The van der Waals surface area contributed by atoms with Crippen molar-refractivity contribution in [1.82, 2.24) is 9.88 Å². The molecule has 0 bridgehead atoms. The van der Waals surface area contributed by atoms with E-state index in [1.54, 1.807) is 12.1 Å². The van der Waals surface area contributed by atoms with Gasteiger partial charge in [0.05, 0.1) is 0 Å². The maximum absolute atomic E-state index is 14.0. The van der Waals surface area contributed by atoms with Gasteiger partial charge in [-0.05, 0) is 49.1 Å². The van der Waals surface area contributed by atoms with E-state index in [0.717, 1.165) is 38.0 Å². The second-order valence-corrected chi connectivity index (χ2v) is 7.13. The van der Waals surface area contributed by atoms with Crippen LogP contribution in [0.5, 0.6) is 0 Å². The van der Waals surface area contributed by atoms with Crippen LogP contribution in [0.3, 0.4) is 0 Å². The number of aromatic nitrogens is 1. The van der Waals surface area contributed by atoms with Crippen molar-refractivity contribution in [2.24, 2.45) is 0 Å². The van der Waals surface area contributed by atoms with Crippen LogP contribution in [0.4, 0.5) is 4.39 Å². The van der Waals surface area contributed by atoms with Crippen LogP contribution in [0.25, 0.3) is 10.9 Å². The summed E-state index contributed by atoms with van der Waals surface area (Å²) in [5.41, 5.74) is 3.44. The normalized spacial score (nSPS) is 17.8. The number of halogens is 1. The number of hydrogen-bond donors (Lipinski definition) is 1. The lowest BCUT2D eigenvalue weighted by Gasteiger charge is -2.29. The van der Waals surface area contributed by atoms with Crippen LogP contribution < -0.4 is 0 Å². The molecule has 0 radical (unpaired) electrons. The quantitative estimate of drug-likeness (QED) is 0.474. The van der Waals surface area contributed by atoms with Gasteiger partial charge in [-0.1, -0.05) is 48.6 Å². The van der Waals surface area contributed by atoms with E-state index in [2.05, 4.69) is 52.5 Å². The maximum atomic E-state index is 14.0. The number of para-hydroxylation sites is 1. The molecule has 1 aliphatic heterocycles. The average molecular weight is 348 g/mol. The zero-order valence-electron chi connectivity index (χ0n) is 15.0. The Balaban J connectivity index is 1.29. The van der Waals surface area contributed by atoms with Gasteiger partial charge in [0.25, 0.3) is 0 Å². The Bertz CT molecular complexity index is 896. The van der Waals surface area contributed by atoms with Crippen LogP contribution in [-0.2, 0) is 6.42 Å². The van der Waals surface area contributed by atoms with Gasteiger partial charge in [-0.25, -0.2) is 4.39 Å². The molecule has 1 aromatic heterocycles. The van der Waals surface area contributed by atoms with Crippen molar-refractivity contribution < 1.29 is 4.39 Å². The van der Waals surface area contributed by atoms with E-state index in [1.807, 2.05) is 12.1 Å². The van der Waals surface area contributed by atoms with Crippen LogP contribution in [0.1, 0.15) is 29.9 Å². The Morgan fingerprint density at radius 3 is 2.81 bits per heavy atom. The van der Waals surface area contributed by atoms with E-state index >= 15 is 0 Å². The largest absolute Gasteiger partial charge is 0.361 e. The fourth-order valence-electron chi connectivity index (χ4n) is 3.94. The van der Waals surface area contributed by atoms with Gasteiger partial charge in [0.15, 0.2) is 0 Å². The molecule has 1 atom stereocenters. The summed E-state index contributed by atoms with van der Waals surface area (Å²) in [4.78, 5) is 5.79. The standard InChI is InChI=1S/C23H25FN2/c24-22-12-3-1-10-20(22)19-9-7-15-26(17-19)14-6-5-8-18-16-25-23-13-4-2-11-21(18)23/h1-4,7,9-13,16,19,25H,5-6,8,14-15,17H2. The van der Waals surface area contributed by atoms with Crippen LogP contribution >= 0.6 is 0 Å². The molecule has 4 rings (SSSR count). The highest BCUT2D eigenvalue weighted by molar-refractivity contribution is 5.82. The fraction of sp³-hybridized carbons (Fsp3) is 0.304. The van der Waals surface area contributed by atoms with Gasteiger partial charge in [-0.3, -0.25) is 4.90 Å². The zero-order valence-corrected chi connectivity index (χ0v) is 15.0. The zero-order chi connectivity index (χ0) is 17.8. The Morgan fingerprint density at radius 2 is 1.88 bits per heavy atom. The van der Waals surface area contributed by atoms with E-state index in [-0.39, 0.29) is 11.7 Å². The van der Waals surface area contributed by atoms with Crippen molar-refractivity contribution in [2.75, 3.05) is 19.6 Å². The molecule has 1 N–H and O–H groups in total. The number of nitrogens with one attached hydrogen (secondary N) is 1. The minimum absolute atomic E-state index is 0.0941. The molecule has 0 amide bonds. The summed E-state index contributed by atoms with van der Waals surface area (Å²) in [5, 5.41) is 1.34. The van der Waals surface area contributed by atoms with Gasteiger partial charge in [-0.15, -0.1) is 0 Å². The van der Waals surface area contributed by atoms with Gasteiger partial charge >= 0.3 is 0 Å². The number of benzene rings is 2. The molecule has 0 spiro atoms. The monoisotopic (exact) mass is 348 g/mol. The summed E-state index contributed by atoms with van der Waals surface area (Å²) >= 11 is 0. The van der Waals surface area contributed by atoms with Crippen molar-refractivity contribution >= 4 is 10.9 Å². The van der Waals surface area contributed by atoms with Gasteiger partial charge < -0.3 is 4.98 Å². The van der Waals surface area contributed by atoms with E-state index < -0.39 is 0 Å². The first-order valence-corrected chi connectivity index (χ1v) is 9.50. The van der Waals surface area contributed by atoms with Crippen LogP contribution in [0.2, 0.25) is 0 Å². The predicted octanol–water partition coefficient (Wildman–Crippen LogP) is 5.29. The number of aromatic amines is 1. The number of rotatable bonds is 6. The van der Waals surface area contributed by atoms with Crippen molar-refractivity contribution in [3.63, 3.8) is 0 Å². The number of aryl methyl sites for hydroxylation is 1. The Morgan fingerprint density at radius 1 is 1.04 bits per heavy atom. The molecule has 0 aliphatic carbocycles. The van der Waals surface area contributed by atoms with E-state index in [4.69, 9.17) is 0 Å². The maximum Gasteiger partial charge on any atom is 0.127 e. The molecule has 26 heavy (non-hydrogen) atoms. The average Bonchev–Trinajstić information content (AvgIpc) is 3.09. The van der Waals surface area contributed by atoms with E-state index in [1.165, 1.54) is 22.9 Å². The fourth-order valence-corrected chi connectivity index (χ4v) is 3.94. The molecule has 2 aromatic carbocycles. The highest BCUT2D eigenvalue weighted by atomic mass is 19.1. The minimum atomic E-state index is -0.0941. The highest BCUT2D eigenvalue weighted by Crippen LogP contribution is 2.25. The molecule has 1 aliphatic rings. The Kier molecular flexibility index (Phi) is 5.16. The molecule has 0 saturated heterocycles. The second-order valence-electron chi connectivity index (χ2n) is 7.13. The first kappa shape index (κ1) is 17.0. The molecule has 2 heterocycles. The third kappa shape index (κ3) is 3.73. The number of fused-ring (bicyclic) bond motifs is 1. The first-order chi connectivity index (χ1) is 12.8. The van der Waals surface area contributed by atoms with Crippen LogP contribution in [0, 0.1) is 5.82 Å². The van der Waals surface area contributed by atoms with Gasteiger partial charge in [0, 0.05) is 36.1 Å². The lowest BCUT2D eigenvalue weighted by molar-refractivity contribution is 0.276. The third-order valence-electron chi connectivity index (χ3n) is 5.34. The van der Waals surface area contributed by atoms with Crippen LogP contribution in [0.15, 0.2) is 66.9 Å². The van der Waals surface area contributed by atoms with Crippen molar-refractivity contribution in [3.05, 3.63) is 83.8 Å². The molecule has 3 aromatic rings. The van der Waals surface area contributed by atoms with Gasteiger partial charge in [-0.2, -0.15) is 0 Å². The molecular formula is C23H25FN2. The molecular weight excluding hydrogens is 323 g/mol. The predicted molar refractivity (Wildman–Crippen MR) is 106 cm³/mol. The van der Waals surface area contributed by atoms with Gasteiger partial charge in [0.1, 0.15) is 5.82 Å². The number of H-pyrrole nitrogens is 1. The summed E-state index contributed by atoms with van der Waals surface area (Å²) in [6.45, 7) is 2.94. The molecule has 3 heteroatoms. The number of nitrogens with zero attached hydrogens (tertiary/aromatic N) is 1. The first-order valence-electron chi connectivity index (χ1n) is 9.50. The second kappa shape index (κ2) is 7.88. The smallest absolute Gasteiger partial charge is 0.127 e. The molecule has 2 nitrogen and oxygen atoms in total. The van der Waals surface area contributed by atoms with E-state index in [0.29, 0.717) is 0 Å². The molecule has 1 unspecified atom stereocenters. The lowest BCUT2D eigenvalue weighted by Crippen LogP contribution is -2.32. The van der Waals surface area contributed by atoms with Crippen molar-refractivity contribution in [1.29, 1.82) is 0 Å². The summed E-state index contributed by atoms with van der Waals surface area (Å²) in [6, 6.07) is 15.6. The SMILES string of the molecule is Fc1ccccc1C1C=CCN(CCCCc2c[nH]c3ccccc23)C1. The molecule has 0 fully saturated rings. The summed E-state index contributed by atoms with van der Waals surface area (Å²) in [7, 11) is 0. The summed E-state index contributed by atoms with van der Waals surface area (Å²) in [6.07, 6.45) is 9.91. The van der Waals surface area contributed by atoms with Crippen molar-refractivity contribution in [3.8, 4) is 0 Å². The number of unbranched alkanes of at least 4 members (excludes halogenated alkanes) is 1. The Labute approximate surface area is 154 Å².